The van der Waals surface area contributed by atoms with Gasteiger partial charge >= 0.3 is 0 Å². The molecule has 1 rings (SSSR count). The maximum Gasteiger partial charge on any atom is 0.150 e. The summed E-state index contributed by atoms with van der Waals surface area (Å²) in [6.45, 7) is 2.52. The summed E-state index contributed by atoms with van der Waals surface area (Å²) >= 11 is 0. The highest BCUT2D eigenvalue weighted by molar-refractivity contribution is 7.91. The van der Waals surface area contributed by atoms with Crippen molar-refractivity contribution in [2.24, 2.45) is 0 Å². The molecule has 0 aromatic rings. The van der Waals surface area contributed by atoms with Gasteiger partial charge in [0.1, 0.15) is 9.84 Å². The van der Waals surface area contributed by atoms with E-state index in [1.807, 2.05) is 0 Å². The summed E-state index contributed by atoms with van der Waals surface area (Å²) in [6.07, 6.45) is 6.20. The van der Waals surface area contributed by atoms with Crippen LogP contribution in [0.1, 0.15) is 45.4 Å². The molecule has 0 aliphatic heterocycles. The van der Waals surface area contributed by atoms with Gasteiger partial charge in [0.15, 0.2) is 0 Å². The van der Waals surface area contributed by atoms with E-state index in [1.165, 1.54) is 6.42 Å². The molecule has 0 radical (unpaired) electrons. The van der Waals surface area contributed by atoms with E-state index in [9.17, 15) is 13.5 Å². The Morgan fingerprint density at radius 3 is 2.41 bits per heavy atom. The Bertz CT molecular complexity index is 308. The first-order valence-electron chi connectivity index (χ1n) is 6.60. The minimum absolute atomic E-state index is 0.145. The molecule has 0 aromatic carbocycles. The van der Waals surface area contributed by atoms with E-state index in [0.717, 1.165) is 25.7 Å². The molecule has 5 heteroatoms. The van der Waals surface area contributed by atoms with Crippen molar-refractivity contribution in [2.45, 2.75) is 51.0 Å². The van der Waals surface area contributed by atoms with Crippen LogP contribution in [-0.2, 0) is 9.84 Å². The van der Waals surface area contributed by atoms with Crippen LogP contribution >= 0.6 is 0 Å². The third kappa shape index (κ3) is 4.94. The van der Waals surface area contributed by atoms with Gasteiger partial charge in [-0.2, -0.15) is 0 Å². The van der Waals surface area contributed by atoms with E-state index in [2.05, 4.69) is 5.32 Å². The summed E-state index contributed by atoms with van der Waals surface area (Å²) in [5.41, 5.74) is -0.145. The predicted molar refractivity (Wildman–Crippen MR) is 69.8 cm³/mol. The summed E-state index contributed by atoms with van der Waals surface area (Å²) in [5.74, 6) is 0.468. The largest absolute Gasteiger partial charge is 0.394 e. The monoisotopic (exact) mass is 263 g/mol. The van der Waals surface area contributed by atoms with Gasteiger partial charge in [0.25, 0.3) is 0 Å². The smallest absolute Gasteiger partial charge is 0.150 e. The second-order valence-corrected chi connectivity index (χ2v) is 7.49. The standard InChI is InChI=1S/C12H25NO3S/c1-2-17(15,16)10-6-9-13-12(11-14)7-4-3-5-8-12/h13-14H,2-11H2,1H3. The molecule has 0 heterocycles. The lowest BCUT2D eigenvalue weighted by atomic mass is 9.82. The fourth-order valence-corrected chi connectivity index (χ4v) is 3.28. The number of hydrogen-bond acceptors (Lipinski definition) is 4. The molecular weight excluding hydrogens is 238 g/mol. The molecular formula is C12H25NO3S. The molecule has 0 spiro atoms. The third-order valence-electron chi connectivity index (χ3n) is 3.69. The average molecular weight is 263 g/mol. The highest BCUT2D eigenvalue weighted by atomic mass is 32.2. The Balaban J connectivity index is 2.29. The number of aliphatic hydroxyl groups is 1. The van der Waals surface area contributed by atoms with E-state index >= 15 is 0 Å². The normalized spacial score (nSPS) is 20.4. The fraction of sp³-hybridized carbons (Fsp3) is 1.00. The zero-order valence-corrected chi connectivity index (χ0v) is 11.6. The van der Waals surface area contributed by atoms with Gasteiger partial charge < -0.3 is 10.4 Å². The molecule has 102 valence electrons. The highest BCUT2D eigenvalue weighted by Gasteiger charge is 2.30. The first-order chi connectivity index (χ1) is 8.04. The van der Waals surface area contributed by atoms with Crippen LogP contribution in [0.25, 0.3) is 0 Å². The number of hydrogen-bond donors (Lipinski definition) is 2. The zero-order chi connectivity index (χ0) is 12.8. The minimum atomic E-state index is -2.85. The number of rotatable bonds is 7. The number of aliphatic hydroxyl groups excluding tert-OH is 1. The molecule has 4 nitrogen and oxygen atoms in total. The molecule has 0 amide bonds. The molecule has 2 N–H and O–H groups in total. The maximum absolute atomic E-state index is 11.3. The number of nitrogens with one attached hydrogen (secondary N) is 1. The molecule has 0 unspecified atom stereocenters. The number of sulfone groups is 1. The molecule has 0 aromatic heterocycles. The summed E-state index contributed by atoms with van der Waals surface area (Å²) in [7, 11) is -2.85. The predicted octanol–water partition coefficient (Wildman–Crippen LogP) is 1.10. The van der Waals surface area contributed by atoms with Crippen LogP contribution in [0.15, 0.2) is 0 Å². The van der Waals surface area contributed by atoms with Crippen molar-refractivity contribution < 1.29 is 13.5 Å². The van der Waals surface area contributed by atoms with Gasteiger partial charge in [0.2, 0.25) is 0 Å². The second kappa shape index (κ2) is 6.71. The topological polar surface area (TPSA) is 66.4 Å². The Morgan fingerprint density at radius 1 is 1.24 bits per heavy atom. The van der Waals surface area contributed by atoms with E-state index in [0.29, 0.717) is 13.0 Å². The van der Waals surface area contributed by atoms with E-state index in [1.54, 1.807) is 6.92 Å². The Labute approximate surface area is 105 Å². The molecule has 0 atom stereocenters. The molecule has 1 aliphatic carbocycles. The maximum atomic E-state index is 11.3. The van der Waals surface area contributed by atoms with Crippen molar-refractivity contribution >= 4 is 9.84 Å². The van der Waals surface area contributed by atoms with Crippen LogP contribution in [-0.4, -0.2) is 43.7 Å². The lowest BCUT2D eigenvalue weighted by Crippen LogP contribution is -2.50. The SMILES string of the molecule is CCS(=O)(=O)CCCNC1(CO)CCCCC1. The van der Waals surface area contributed by atoms with Gasteiger partial charge in [0, 0.05) is 11.3 Å². The fourth-order valence-electron chi connectivity index (χ4n) is 2.41. The quantitative estimate of drug-likeness (QED) is 0.675. The summed E-state index contributed by atoms with van der Waals surface area (Å²) < 4.78 is 22.6. The van der Waals surface area contributed by atoms with Gasteiger partial charge in [0.05, 0.1) is 12.4 Å². The third-order valence-corrected chi connectivity index (χ3v) is 5.48. The Kier molecular flexibility index (Phi) is 5.89. The van der Waals surface area contributed by atoms with Gasteiger partial charge in [-0.1, -0.05) is 26.2 Å². The molecule has 1 fully saturated rings. The first kappa shape index (κ1) is 14.9. The van der Waals surface area contributed by atoms with Gasteiger partial charge in [-0.05, 0) is 25.8 Å². The van der Waals surface area contributed by atoms with Crippen molar-refractivity contribution in [1.82, 2.24) is 5.32 Å². The van der Waals surface area contributed by atoms with E-state index < -0.39 is 9.84 Å². The molecule has 1 aliphatic rings. The van der Waals surface area contributed by atoms with Crippen LogP contribution < -0.4 is 5.32 Å². The highest BCUT2D eigenvalue weighted by Crippen LogP contribution is 2.27. The zero-order valence-electron chi connectivity index (χ0n) is 10.7. The van der Waals surface area contributed by atoms with Gasteiger partial charge in [-0.15, -0.1) is 0 Å². The first-order valence-corrected chi connectivity index (χ1v) is 8.42. The minimum Gasteiger partial charge on any atom is -0.394 e. The Hall–Kier alpha value is -0.130. The summed E-state index contributed by atoms with van der Waals surface area (Å²) in [6, 6.07) is 0. The molecule has 17 heavy (non-hydrogen) atoms. The van der Waals surface area contributed by atoms with Gasteiger partial charge in [-0.3, -0.25) is 0 Å². The lowest BCUT2D eigenvalue weighted by Gasteiger charge is -2.36. The average Bonchev–Trinajstić information content (AvgIpc) is 2.36. The summed E-state index contributed by atoms with van der Waals surface area (Å²) in [5, 5.41) is 12.8. The van der Waals surface area contributed by atoms with Crippen molar-refractivity contribution in [3.8, 4) is 0 Å². The van der Waals surface area contributed by atoms with Crippen LogP contribution in [0.2, 0.25) is 0 Å². The molecule has 0 bridgehead atoms. The van der Waals surface area contributed by atoms with Crippen LogP contribution in [0.4, 0.5) is 0 Å². The van der Waals surface area contributed by atoms with E-state index in [4.69, 9.17) is 0 Å². The molecule has 0 saturated heterocycles. The van der Waals surface area contributed by atoms with Crippen molar-refractivity contribution in [2.75, 3.05) is 24.7 Å². The van der Waals surface area contributed by atoms with Crippen LogP contribution in [0, 0.1) is 0 Å². The summed E-state index contributed by atoms with van der Waals surface area (Å²) in [4.78, 5) is 0. The lowest BCUT2D eigenvalue weighted by molar-refractivity contribution is 0.121. The van der Waals surface area contributed by atoms with Crippen LogP contribution in [0.5, 0.6) is 0 Å². The van der Waals surface area contributed by atoms with E-state index in [-0.39, 0.29) is 23.7 Å². The van der Waals surface area contributed by atoms with Crippen molar-refractivity contribution in [3.05, 3.63) is 0 Å². The van der Waals surface area contributed by atoms with Crippen molar-refractivity contribution in [1.29, 1.82) is 0 Å². The second-order valence-electron chi connectivity index (χ2n) is 5.02. The van der Waals surface area contributed by atoms with Crippen molar-refractivity contribution in [3.63, 3.8) is 0 Å². The Morgan fingerprint density at radius 2 is 1.88 bits per heavy atom. The van der Waals surface area contributed by atoms with Crippen LogP contribution in [0.3, 0.4) is 0 Å². The van der Waals surface area contributed by atoms with Gasteiger partial charge in [-0.25, -0.2) is 8.42 Å². The molecule has 1 saturated carbocycles.